The average molecular weight is 331 g/mol. The molecule has 0 aromatic heterocycles. The molecule has 1 aromatic rings. The summed E-state index contributed by atoms with van der Waals surface area (Å²) in [5.74, 6) is 0.0956. The molecule has 2 bridgehead atoms. The molecule has 1 amide bonds. The Morgan fingerprint density at radius 2 is 1.92 bits per heavy atom. The van der Waals surface area contributed by atoms with Gasteiger partial charge < -0.3 is 9.47 Å². The molecule has 0 unspecified atom stereocenters. The molecule has 3 atom stereocenters. The van der Waals surface area contributed by atoms with Crippen molar-refractivity contribution in [2.75, 3.05) is 0 Å². The number of fused-ring (bicyclic) bond motifs is 2. The second-order valence-electron chi connectivity index (χ2n) is 7.57. The van der Waals surface area contributed by atoms with Crippen molar-refractivity contribution < 1.29 is 19.1 Å². The molecule has 3 rings (SSSR count). The van der Waals surface area contributed by atoms with E-state index in [-0.39, 0.29) is 24.0 Å². The van der Waals surface area contributed by atoms with Gasteiger partial charge in [0.1, 0.15) is 11.7 Å². The van der Waals surface area contributed by atoms with Gasteiger partial charge in [-0.2, -0.15) is 0 Å². The van der Waals surface area contributed by atoms with Gasteiger partial charge in [0.2, 0.25) is 0 Å². The fourth-order valence-electron chi connectivity index (χ4n) is 3.54. The van der Waals surface area contributed by atoms with Crippen LogP contribution in [0.5, 0.6) is 0 Å². The fourth-order valence-corrected chi connectivity index (χ4v) is 3.54. The third-order valence-corrected chi connectivity index (χ3v) is 4.53. The first-order chi connectivity index (χ1) is 11.3. The predicted octanol–water partition coefficient (Wildman–Crippen LogP) is 3.31. The highest BCUT2D eigenvalue weighted by Gasteiger charge is 2.50. The number of Topliss-reactive ketones (excluding diaryl/α,β-unsaturated/α-hetero) is 1. The number of piperidine rings is 1. The van der Waals surface area contributed by atoms with Crippen LogP contribution in [0.2, 0.25) is 0 Å². The minimum atomic E-state index is -0.559. The van der Waals surface area contributed by atoms with Gasteiger partial charge in [0.15, 0.2) is 5.78 Å². The van der Waals surface area contributed by atoms with Crippen molar-refractivity contribution in [3.8, 4) is 0 Å². The lowest BCUT2D eigenvalue weighted by Crippen LogP contribution is -2.56. The molecule has 24 heavy (non-hydrogen) atoms. The molecule has 0 saturated carbocycles. The number of ketones is 1. The molecule has 2 fully saturated rings. The smallest absolute Gasteiger partial charge is 0.410 e. The van der Waals surface area contributed by atoms with E-state index in [9.17, 15) is 9.59 Å². The Morgan fingerprint density at radius 3 is 2.58 bits per heavy atom. The summed E-state index contributed by atoms with van der Waals surface area (Å²) in [6.07, 6.45) is 1.08. The normalized spacial score (nSPS) is 26.5. The van der Waals surface area contributed by atoms with E-state index in [1.165, 1.54) is 0 Å². The summed E-state index contributed by atoms with van der Waals surface area (Å²) in [5, 5.41) is 0. The van der Waals surface area contributed by atoms with E-state index in [1.807, 2.05) is 51.1 Å². The third-order valence-electron chi connectivity index (χ3n) is 4.53. The Morgan fingerprint density at radius 1 is 1.21 bits per heavy atom. The molecule has 2 heterocycles. The SMILES string of the molecule is CC(C)(C)OC(=O)N1[C@@H]2CC[C@H]1[C@@H](OCc1ccccc1)C(=O)C2. The predicted molar refractivity (Wildman–Crippen MR) is 89.5 cm³/mol. The molecule has 2 aliphatic rings. The number of hydrogen-bond acceptors (Lipinski definition) is 4. The Bertz CT molecular complexity index is 608. The van der Waals surface area contributed by atoms with E-state index < -0.39 is 11.7 Å². The number of carbonyl (C=O) groups excluding carboxylic acids is 2. The second kappa shape index (κ2) is 6.55. The summed E-state index contributed by atoms with van der Waals surface area (Å²) in [5.41, 5.74) is 0.479. The van der Waals surface area contributed by atoms with Crippen LogP contribution in [-0.2, 0) is 20.9 Å². The molecular weight excluding hydrogens is 306 g/mol. The number of rotatable bonds is 3. The van der Waals surface area contributed by atoms with Gasteiger partial charge in [0.05, 0.1) is 12.6 Å². The molecule has 0 radical (unpaired) electrons. The lowest BCUT2D eigenvalue weighted by molar-refractivity contribution is -0.141. The van der Waals surface area contributed by atoms with Gasteiger partial charge in [-0.15, -0.1) is 0 Å². The molecule has 0 N–H and O–H groups in total. The Kier molecular flexibility index (Phi) is 4.63. The van der Waals surface area contributed by atoms with Crippen molar-refractivity contribution in [2.24, 2.45) is 0 Å². The number of nitrogens with zero attached hydrogens (tertiary/aromatic N) is 1. The van der Waals surface area contributed by atoms with Gasteiger partial charge in [-0.3, -0.25) is 9.69 Å². The van der Waals surface area contributed by atoms with Crippen LogP contribution in [0.3, 0.4) is 0 Å². The van der Waals surface area contributed by atoms with Crippen LogP contribution >= 0.6 is 0 Å². The zero-order valence-electron chi connectivity index (χ0n) is 14.5. The van der Waals surface area contributed by atoms with E-state index in [0.717, 1.165) is 18.4 Å². The zero-order valence-corrected chi connectivity index (χ0v) is 14.5. The fraction of sp³-hybridized carbons (Fsp3) is 0.579. The van der Waals surface area contributed by atoms with Gasteiger partial charge in [0.25, 0.3) is 0 Å². The van der Waals surface area contributed by atoms with Gasteiger partial charge in [-0.05, 0) is 39.2 Å². The first-order valence-corrected chi connectivity index (χ1v) is 8.55. The number of hydrogen-bond donors (Lipinski definition) is 0. The molecule has 5 nitrogen and oxygen atoms in total. The number of benzene rings is 1. The Labute approximate surface area is 142 Å². The monoisotopic (exact) mass is 331 g/mol. The molecule has 1 aromatic carbocycles. The molecule has 2 aliphatic heterocycles. The summed E-state index contributed by atoms with van der Waals surface area (Å²) in [6.45, 7) is 5.93. The largest absolute Gasteiger partial charge is 0.444 e. The van der Waals surface area contributed by atoms with Crippen molar-refractivity contribution in [3.05, 3.63) is 35.9 Å². The van der Waals surface area contributed by atoms with E-state index in [0.29, 0.717) is 13.0 Å². The molecule has 0 spiro atoms. The van der Waals surface area contributed by atoms with Crippen LogP contribution < -0.4 is 0 Å². The summed E-state index contributed by atoms with van der Waals surface area (Å²) in [6, 6.07) is 9.51. The van der Waals surface area contributed by atoms with Crippen LogP contribution in [0.15, 0.2) is 30.3 Å². The standard InChI is InChI=1S/C19H25NO4/c1-19(2,3)24-18(22)20-14-9-10-15(20)17(16(21)11-14)23-12-13-7-5-4-6-8-13/h4-8,14-15,17H,9-12H2,1-3H3/t14-,15+,17-/m1/s1. The van der Waals surface area contributed by atoms with Crippen molar-refractivity contribution in [1.82, 2.24) is 4.90 Å². The maximum absolute atomic E-state index is 12.5. The van der Waals surface area contributed by atoms with Crippen molar-refractivity contribution in [2.45, 2.75) is 70.4 Å². The summed E-state index contributed by atoms with van der Waals surface area (Å²) in [7, 11) is 0. The van der Waals surface area contributed by atoms with Gasteiger partial charge in [-0.1, -0.05) is 30.3 Å². The average Bonchev–Trinajstić information content (AvgIpc) is 2.83. The Balaban J connectivity index is 1.70. The molecule has 130 valence electrons. The highest BCUT2D eigenvalue weighted by Crippen LogP contribution is 2.36. The van der Waals surface area contributed by atoms with E-state index in [1.54, 1.807) is 4.90 Å². The maximum atomic E-state index is 12.5. The highest BCUT2D eigenvalue weighted by atomic mass is 16.6. The van der Waals surface area contributed by atoms with E-state index in [4.69, 9.17) is 9.47 Å². The molecular formula is C19H25NO4. The zero-order chi connectivity index (χ0) is 17.3. The van der Waals surface area contributed by atoms with Crippen molar-refractivity contribution >= 4 is 11.9 Å². The maximum Gasteiger partial charge on any atom is 0.410 e. The molecule has 5 heteroatoms. The van der Waals surface area contributed by atoms with Gasteiger partial charge in [-0.25, -0.2) is 4.79 Å². The van der Waals surface area contributed by atoms with Crippen LogP contribution in [-0.4, -0.2) is 40.6 Å². The molecule has 0 aliphatic carbocycles. The summed E-state index contributed by atoms with van der Waals surface area (Å²) >= 11 is 0. The quantitative estimate of drug-likeness (QED) is 0.852. The topological polar surface area (TPSA) is 55.8 Å². The van der Waals surface area contributed by atoms with Crippen LogP contribution in [0.1, 0.15) is 45.6 Å². The van der Waals surface area contributed by atoms with Crippen LogP contribution in [0, 0.1) is 0 Å². The minimum Gasteiger partial charge on any atom is -0.444 e. The van der Waals surface area contributed by atoms with E-state index in [2.05, 4.69) is 0 Å². The summed E-state index contributed by atoms with van der Waals surface area (Å²) in [4.78, 5) is 26.7. The van der Waals surface area contributed by atoms with Gasteiger partial charge in [0, 0.05) is 12.5 Å². The van der Waals surface area contributed by atoms with Crippen LogP contribution in [0.25, 0.3) is 0 Å². The number of carbonyl (C=O) groups is 2. The first kappa shape index (κ1) is 17.0. The highest BCUT2D eigenvalue weighted by molar-refractivity contribution is 5.88. The Hall–Kier alpha value is -1.88. The van der Waals surface area contributed by atoms with Crippen molar-refractivity contribution in [1.29, 1.82) is 0 Å². The first-order valence-electron chi connectivity index (χ1n) is 8.55. The second-order valence-corrected chi connectivity index (χ2v) is 7.57. The van der Waals surface area contributed by atoms with E-state index >= 15 is 0 Å². The lowest BCUT2D eigenvalue weighted by atomic mass is 9.98. The lowest BCUT2D eigenvalue weighted by Gasteiger charge is -2.39. The summed E-state index contributed by atoms with van der Waals surface area (Å²) < 4.78 is 11.4. The number of amides is 1. The number of ether oxygens (including phenoxy) is 2. The minimum absolute atomic E-state index is 0.0473. The van der Waals surface area contributed by atoms with Crippen LogP contribution in [0.4, 0.5) is 4.79 Å². The third kappa shape index (κ3) is 3.61. The van der Waals surface area contributed by atoms with Gasteiger partial charge >= 0.3 is 6.09 Å². The van der Waals surface area contributed by atoms with Crippen molar-refractivity contribution in [3.63, 3.8) is 0 Å². The molecule has 2 saturated heterocycles.